The van der Waals surface area contributed by atoms with Crippen molar-refractivity contribution >= 4 is 22.8 Å². The first-order chi connectivity index (χ1) is 18.8. The molecule has 1 saturated heterocycles. The molecule has 206 valence electrons. The zero-order chi connectivity index (χ0) is 27.3. The smallest absolute Gasteiger partial charge is 0.254 e. The van der Waals surface area contributed by atoms with E-state index in [1.54, 1.807) is 4.68 Å². The topological polar surface area (TPSA) is 68.0 Å². The van der Waals surface area contributed by atoms with E-state index in [2.05, 4.69) is 54.3 Å². The van der Waals surface area contributed by atoms with Gasteiger partial charge in [-0.15, -0.1) is 6.58 Å². The van der Waals surface area contributed by atoms with Crippen LogP contribution < -0.4 is 10.2 Å². The quantitative estimate of drug-likeness (QED) is 0.268. The molecule has 3 unspecified atom stereocenters. The van der Waals surface area contributed by atoms with E-state index in [1.165, 1.54) is 30.4 Å². The molecule has 7 heteroatoms. The molecule has 0 bridgehead atoms. The number of hydrogen-bond donors (Lipinski definition) is 1. The predicted molar refractivity (Wildman–Crippen MR) is 157 cm³/mol. The number of piperidine rings is 1. The predicted octanol–water partition coefficient (Wildman–Crippen LogP) is 5.78. The van der Waals surface area contributed by atoms with Crippen molar-refractivity contribution < 1.29 is 4.79 Å². The molecule has 3 aliphatic rings. The Morgan fingerprint density at radius 2 is 2.03 bits per heavy atom. The van der Waals surface area contributed by atoms with Gasteiger partial charge < -0.3 is 14.8 Å². The number of nitrogens with zero attached hydrogens (tertiary/aromatic N) is 5. The molecule has 0 aromatic carbocycles. The summed E-state index contributed by atoms with van der Waals surface area (Å²) >= 11 is 0. The van der Waals surface area contributed by atoms with Crippen molar-refractivity contribution in [3.8, 4) is 0 Å². The average Bonchev–Trinajstić information content (AvgIpc) is 3.25. The van der Waals surface area contributed by atoms with Gasteiger partial charge in [-0.25, -0.2) is 4.98 Å². The molecule has 1 amide bonds. The van der Waals surface area contributed by atoms with Crippen LogP contribution in [0.4, 0.5) is 5.82 Å². The Balaban J connectivity index is 1.18. The summed E-state index contributed by atoms with van der Waals surface area (Å²) in [6.07, 6.45) is 12.8. The fourth-order valence-corrected chi connectivity index (χ4v) is 6.89. The highest BCUT2D eigenvalue weighted by Crippen LogP contribution is 2.46. The molecule has 0 spiro atoms. The van der Waals surface area contributed by atoms with E-state index in [0.29, 0.717) is 18.0 Å². The minimum absolute atomic E-state index is 0.0190. The van der Waals surface area contributed by atoms with Crippen molar-refractivity contribution in [3.63, 3.8) is 0 Å². The zero-order valence-corrected chi connectivity index (χ0v) is 23.9. The van der Waals surface area contributed by atoms with Crippen LogP contribution in [0, 0.1) is 24.7 Å². The normalized spacial score (nSPS) is 23.0. The molecule has 3 aromatic heterocycles. The molecule has 4 heterocycles. The van der Waals surface area contributed by atoms with Crippen LogP contribution in [0.2, 0.25) is 0 Å². The zero-order valence-electron chi connectivity index (χ0n) is 23.9. The molecular formula is C32H42N6O. The lowest BCUT2D eigenvalue weighted by molar-refractivity contribution is 0.0944. The maximum Gasteiger partial charge on any atom is 0.254 e. The maximum absolute atomic E-state index is 13.6. The standard InChI is InChI=1S/C32H42N6O/c1-6-7-8-9-20(2)26-11-12-29(21(26)3)34-32(39)28-19-38(31-27(28)18-36(5)35-31)15-23-10-13-30(33-22(23)4)37-16-24-14-25(24)17-37/h6,10,13,18-20,24-25,29H,1,7-9,11-12,14-17H2,2-5H3,(H,34,39)/t20?,24?,25?,29-/m1/s1. The van der Waals surface area contributed by atoms with E-state index in [9.17, 15) is 4.79 Å². The molecule has 1 saturated carbocycles. The van der Waals surface area contributed by atoms with Crippen LogP contribution in [0.25, 0.3) is 11.0 Å². The molecule has 7 nitrogen and oxygen atoms in total. The van der Waals surface area contributed by atoms with E-state index in [0.717, 1.165) is 72.3 Å². The maximum atomic E-state index is 13.6. The van der Waals surface area contributed by atoms with Crippen molar-refractivity contribution in [3.05, 3.63) is 65.1 Å². The summed E-state index contributed by atoms with van der Waals surface area (Å²) in [5.74, 6) is 3.39. The van der Waals surface area contributed by atoms with Gasteiger partial charge in [-0.2, -0.15) is 5.10 Å². The highest BCUT2D eigenvalue weighted by molar-refractivity contribution is 6.06. The number of rotatable bonds is 10. The molecule has 0 radical (unpaired) electrons. The summed E-state index contributed by atoms with van der Waals surface area (Å²) in [6, 6.07) is 4.45. The second kappa shape index (κ2) is 10.3. The monoisotopic (exact) mass is 526 g/mol. The minimum atomic E-state index is -0.0190. The van der Waals surface area contributed by atoms with Gasteiger partial charge in [0, 0.05) is 38.2 Å². The van der Waals surface area contributed by atoms with Gasteiger partial charge in [0.1, 0.15) is 5.82 Å². The third kappa shape index (κ3) is 5.04. The third-order valence-corrected chi connectivity index (χ3v) is 9.40. The summed E-state index contributed by atoms with van der Waals surface area (Å²) in [4.78, 5) is 21.0. The Morgan fingerprint density at radius 1 is 1.23 bits per heavy atom. The molecule has 2 aliphatic carbocycles. The number of allylic oxidation sites excluding steroid dienone is 2. The number of unbranched alkanes of at least 4 members (excludes halogenated alkanes) is 1. The fourth-order valence-electron chi connectivity index (χ4n) is 6.89. The molecule has 1 aliphatic heterocycles. The number of carbonyl (C=O) groups excluding carboxylic acids is 1. The number of aryl methyl sites for hydroxylation is 2. The summed E-state index contributed by atoms with van der Waals surface area (Å²) < 4.78 is 3.90. The lowest BCUT2D eigenvalue weighted by Gasteiger charge is -2.20. The van der Waals surface area contributed by atoms with Crippen LogP contribution in [0.1, 0.15) is 74.0 Å². The number of pyridine rings is 1. The first-order valence-corrected chi connectivity index (χ1v) is 14.7. The number of amides is 1. The number of carbonyl (C=O) groups is 1. The van der Waals surface area contributed by atoms with Crippen LogP contribution in [0.5, 0.6) is 0 Å². The van der Waals surface area contributed by atoms with Crippen LogP contribution in [0.3, 0.4) is 0 Å². The summed E-state index contributed by atoms with van der Waals surface area (Å²) in [7, 11) is 1.91. The van der Waals surface area contributed by atoms with Crippen molar-refractivity contribution in [2.24, 2.45) is 24.8 Å². The second-order valence-electron chi connectivity index (χ2n) is 12.2. The Bertz CT molecular complexity index is 1430. The van der Waals surface area contributed by atoms with Gasteiger partial charge in [-0.3, -0.25) is 9.48 Å². The number of hydrogen-bond acceptors (Lipinski definition) is 4. The van der Waals surface area contributed by atoms with Gasteiger partial charge in [-0.05, 0) is 81.8 Å². The lowest BCUT2D eigenvalue weighted by Crippen LogP contribution is -2.34. The van der Waals surface area contributed by atoms with E-state index in [-0.39, 0.29) is 11.9 Å². The van der Waals surface area contributed by atoms with Crippen LogP contribution in [0.15, 0.2) is 48.3 Å². The van der Waals surface area contributed by atoms with Gasteiger partial charge in [0.15, 0.2) is 5.65 Å². The van der Waals surface area contributed by atoms with Crippen molar-refractivity contribution in [1.82, 2.24) is 24.6 Å². The molecule has 1 N–H and O–H groups in total. The summed E-state index contributed by atoms with van der Waals surface area (Å²) in [6.45, 7) is 13.4. The number of anilines is 1. The van der Waals surface area contributed by atoms with Crippen LogP contribution in [-0.4, -0.2) is 44.4 Å². The van der Waals surface area contributed by atoms with Gasteiger partial charge in [0.05, 0.1) is 23.5 Å². The molecule has 6 rings (SSSR count). The van der Waals surface area contributed by atoms with E-state index in [1.807, 2.05) is 25.5 Å². The van der Waals surface area contributed by atoms with Crippen LogP contribution in [-0.2, 0) is 13.6 Å². The Morgan fingerprint density at radius 3 is 2.77 bits per heavy atom. The van der Waals surface area contributed by atoms with E-state index in [4.69, 9.17) is 10.1 Å². The highest BCUT2D eigenvalue weighted by atomic mass is 16.1. The molecule has 39 heavy (non-hydrogen) atoms. The number of aromatic nitrogens is 4. The molecular weight excluding hydrogens is 484 g/mol. The van der Waals surface area contributed by atoms with Gasteiger partial charge >= 0.3 is 0 Å². The first kappa shape index (κ1) is 25.9. The molecule has 3 aromatic rings. The number of fused-ring (bicyclic) bond motifs is 2. The van der Waals surface area contributed by atoms with Gasteiger partial charge in [-0.1, -0.05) is 30.2 Å². The molecule has 2 fully saturated rings. The Kier molecular flexibility index (Phi) is 6.86. The lowest BCUT2D eigenvalue weighted by atomic mass is 9.92. The van der Waals surface area contributed by atoms with Crippen LogP contribution >= 0.6 is 0 Å². The van der Waals surface area contributed by atoms with E-state index >= 15 is 0 Å². The van der Waals surface area contributed by atoms with Crippen molar-refractivity contribution in [2.75, 3.05) is 18.0 Å². The highest BCUT2D eigenvalue weighted by Gasteiger charge is 2.45. The number of nitrogens with one attached hydrogen (secondary N) is 1. The third-order valence-electron chi connectivity index (χ3n) is 9.40. The van der Waals surface area contributed by atoms with Crippen molar-refractivity contribution in [1.29, 1.82) is 0 Å². The van der Waals surface area contributed by atoms with Gasteiger partial charge in [0.2, 0.25) is 0 Å². The summed E-state index contributed by atoms with van der Waals surface area (Å²) in [5, 5.41) is 8.95. The fraction of sp³-hybridized carbons (Fsp3) is 0.531. The average molecular weight is 527 g/mol. The van der Waals surface area contributed by atoms with E-state index < -0.39 is 0 Å². The first-order valence-electron chi connectivity index (χ1n) is 14.7. The summed E-state index contributed by atoms with van der Waals surface area (Å²) in [5.41, 5.74) is 6.58. The Labute approximate surface area is 232 Å². The second-order valence-corrected chi connectivity index (χ2v) is 12.2. The largest absolute Gasteiger partial charge is 0.356 e. The molecule has 4 atom stereocenters. The van der Waals surface area contributed by atoms with Gasteiger partial charge in [0.25, 0.3) is 5.91 Å². The minimum Gasteiger partial charge on any atom is -0.356 e. The Hall–Kier alpha value is -3.35. The SMILES string of the molecule is C=CCCCC(C)C1=C(C)[C@H](NC(=O)c2cn(Cc3ccc(N4CC5CC5C4)nc3C)c3nn(C)cc23)CC1. The van der Waals surface area contributed by atoms with Crippen molar-refractivity contribution in [2.45, 2.75) is 71.9 Å².